The van der Waals surface area contributed by atoms with Gasteiger partial charge in [-0.2, -0.15) is 0 Å². The number of carbonyl (C=O) groups excluding carboxylic acids is 2. The fraction of sp³-hybridized carbons (Fsp3) is 0.278. The Labute approximate surface area is 149 Å². The molecule has 130 valence electrons. The minimum atomic E-state index is -0.749. The number of benzene rings is 1. The van der Waals surface area contributed by atoms with Crippen LogP contribution in [-0.2, 0) is 14.3 Å². The van der Waals surface area contributed by atoms with E-state index in [9.17, 15) is 14.0 Å². The molecular formula is C18H17FN2O3S. The highest BCUT2D eigenvalue weighted by atomic mass is 32.2. The Bertz CT molecular complexity index is 803. The van der Waals surface area contributed by atoms with Gasteiger partial charge in [0.25, 0.3) is 0 Å². The molecule has 0 aliphatic carbocycles. The molecule has 0 saturated carbocycles. The van der Waals surface area contributed by atoms with Crippen molar-refractivity contribution >= 4 is 28.8 Å². The molecule has 5 nitrogen and oxygen atoms in total. The van der Waals surface area contributed by atoms with Crippen LogP contribution in [0.3, 0.4) is 0 Å². The molecule has 3 rings (SSSR count). The highest BCUT2D eigenvalue weighted by Crippen LogP contribution is 2.40. The van der Waals surface area contributed by atoms with Crippen LogP contribution >= 0.6 is 11.8 Å². The van der Waals surface area contributed by atoms with E-state index in [1.807, 2.05) is 0 Å². The number of hydrogen-bond acceptors (Lipinski definition) is 5. The topological polar surface area (TPSA) is 59.0 Å². The Hall–Kier alpha value is -2.41. The lowest BCUT2D eigenvalue weighted by molar-refractivity contribution is -0.139. The predicted molar refractivity (Wildman–Crippen MR) is 94.4 cm³/mol. The maximum atomic E-state index is 13.8. The van der Waals surface area contributed by atoms with Crippen LogP contribution in [0.15, 0.2) is 53.2 Å². The maximum absolute atomic E-state index is 13.8. The molecule has 2 heterocycles. The molecule has 0 N–H and O–H groups in total. The Morgan fingerprint density at radius 3 is 3.08 bits per heavy atom. The molecule has 1 saturated heterocycles. The molecule has 2 aliphatic rings. The summed E-state index contributed by atoms with van der Waals surface area (Å²) >= 11 is 1.45. The first-order valence-electron chi connectivity index (χ1n) is 7.80. The van der Waals surface area contributed by atoms with Crippen molar-refractivity contribution in [1.82, 2.24) is 4.90 Å². The van der Waals surface area contributed by atoms with E-state index < -0.39 is 17.8 Å². The number of thioether (sulfide) groups is 1. The van der Waals surface area contributed by atoms with Crippen molar-refractivity contribution in [1.29, 1.82) is 0 Å². The van der Waals surface area contributed by atoms with Crippen LogP contribution in [0.2, 0.25) is 0 Å². The number of aliphatic imine (C=N–C) groups is 1. The molecule has 1 atom stereocenters. The SMILES string of the molecule is C=CCOC(=O)C1=C(C)N=C2SCCC(=O)N2[C@H]1c1cccc(F)c1. The number of halogens is 1. The quantitative estimate of drug-likeness (QED) is 0.611. The van der Waals surface area contributed by atoms with Crippen LogP contribution in [0.5, 0.6) is 0 Å². The van der Waals surface area contributed by atoms with Crippen molar-refractivity contribution in [3.8, 4) is 0 Å². The van der Waals surface area contributed by atoms with E-state index in [4.69, 9.17) is 4.74 Å². The maximum Gasteiger partial charge on any atom is 0.338 e. The number of amidine groups is 1. The molecule has 1 aromatic carbocycles. The lowest BCUT2D eigenvalue weighted by Crippen LogP contribution is -2.45. The van der Waals surface area contributed by atoms with Crippen LogP contribution in [0.25, 0.3) is 0 Å². The second-order valence-electron chi connectivity index (χ2n) is 5.60. The van der Waals surface area contributed by atoms with Gasteiger partial charge in [-0.3, -0.25) is 9.69 Å². The number of nitrogens with zero attached hydrogens (tertiary/aromatic N) is 2. The van der Waals surface area contributed by atoms with Gasteiger partial charge < -0.3 is 4.74 Å². The number of ether oxygens (including phenoxy) is 1. The normalized spacial score (nSPS) is 20.1. The Morgan fingerprint density at radius 2 is 2.36 bits per heavy atom. The van der Waals surface area contributed by atoms with Gasteiger partial charge in [0.2, 0.25) is 5.91 Å². The van der Waals surface area contributed by atoms with Crippen LogP contribution in [0.4, 0.5) is 4.39 Å². The highest BCUT2D eigenvalue weighted by Gasteiger charge is 2.41. The number of fused-ring (bicyclic) bond motifs is 1. The molecule has 0 aromatic heterocycles. The number of amides is 1. The van der Waals surface area contributed by atoms with E-state index >= 15 is 0 Å². The Kier molecular flexibility index (Phi) is 5.03. The molecule has 0 spiro atoms. The van der Waals surface area contributed by atoms with E-state index in [1.165, 1.54) is 34.9 Å². The van der Waals surface area contributed by atoms with E-state index in [1.54, 1.807) is 19.1 Å². The summed E-state index contributed by atoms with van der Waals surface area (Å²) in [5.74, 6) is -0.533. The Balaban J connectivity index is 2.13. The summed E-state index contributed by atoms with van der Waals surface area (Å²) in [7, 11) is 0. The third-order valence-corrected chi connectivity index (χ3v) is 4.88. The smallest absolute Gasteiger partial charge is 0.338 e. The van der Waals surface area contributed by atoms with Crippen LogP contribution in [0.1, 0.15) is 24.9 Å². The van der Waals surface area contributed by atoms with Crippen molar-refractivity contribution in [3.05, 3.63) is 59.6 Å². The second kappa shape index (κ2) is 7.23. The molecule has 1 amide bonds. The van der Waals surface area contributed by atoms with Gasteiger partial charge in [-0.15, -0.1) is 0 Å². The fourth-order valence-corrected chi connectivity index (χ4v) is 3.87. The minimum Gasteiger partial charge on any atom is -0.458 e. The molecule has 1 aromatic rings. The van der Waals surface area contributed by atoms with Crippen molar-refractivity contribution in [2.24, 2.45) is 4.99 Å². The predicted octanol–water partition coefficient (Wildman–Crippen LogP) is 3.21. The van der Waals surface area contributed by atoms with Gasteiger partial charge in [0.05, 0.1) is 17.3 Å². The fourth-order valence-electron chi connectivity index (χ4n) is 2.86. The summed E-state index contributed by atoms with van der Waals surface area (Å²) in [5.41, 5.74) is 1.22. The second-order valence-corrected chi connectivity index (χ2v) is 6.66. The van der Waals surface area contributed by atoms with Crippen molar-refractivity contribution in [2.45, 2.75) is 19.4 Å². The molecular weight excluding hydrogens is 343 g/mol. The number of hydrogen-bond donors (Lipinski definition) is 0. The summed E-state index contributed by atoms with van der Waals surface area (Å²) in [4.78, 5) is 31.0. The number of esters is 1. The zero-order valence-electron chi connectivity index (χ0n) is 13.7. The van der Waals surface area contributed by atoms with Crippen molar-refractivity contribution in [3.63, 3.8) is 0 Å². The van der Waals surface area contributed by atoms with Gasteiger partial charge in [0, 0.05) is 12.2 Å². The molecule has 1 fully saturated rings. The van der Waals surface area contributed by atoms with Crippen LogP contribution < -0.4 is 0 Å². The van der Waals surface area contributed by atoms with Crippen molar-refractivity contribution < 1.29 is 18.7 Å². The van der Waals surface area contributed by atoms with E-state index in [0.29, 0.717) is 28.6 Å². The van der Waals surface area contributed by atoms with Gasteiger partial charge in [0.1, 0.15) is 12.4 Å². The van der Waals surface area contributed by atoms with E-state index in [-0.39, 0.29) is 18.1 Å². The van der Waals surface area contributed by atoms with E-state index in [0.717, 1.165) is 0 Å². The van der Waals surface area contributed by atoms with Crippen LogP contribution in [0, 0.1) is 5.82 Å². The van der Waals surface area contributed by atoms with Crippen LogP contribution in [-0.4, -0.2) is 34.3 Å². The van der Waals surface area contributed by atoms with E-state index in [2.05, 4.69) is 11.6 Å². The molecule has 7 heteroatoms. The van der Waals surface area contributed by atoms with Gasteiger partial charge in [-0.05, 0) is 24.6 Å². The first-order valence-corrected chi connectivity index (χ1v) is 8.79. The number of carbonyl (C=O) groups is 2. The Morgan fingerprint density at radius 1 is 1.56 bits per heavy atom. The van der Waals surface area contributed by atoms with Gasteiger partial charge in [-0.1, -0.05) is 36.5 Å². The van der Waals surface area contributed by atoms with Gasteiger partial charge >= 0.3 is 5.97 Å². The average Bonchev–Trinajstić information content (AvgIpc) is 2.58. The number of rotatable bonds is 4. The average molecular weight is 360 g/mol. The lowest BCUT2D eigenvalue weighted by atomic mass is 9.94. The van der Waals surface area contributed by atoms with Gasteiger partial charge in [-0.25, -0.2) is 14.2 Å². The molecule has 0 unspecified atom stereocenters. The zero-order chi connectivity index (χ0) is 18.0. The third-order valence-electron chi connectivity index (χ3n) is 3.92. The standard InChI is InChI=1S/C18H17FN2O3S/c1-3-8-24-17(23)15-11(2)20-18-21(14(22)7-9-25-18)16(15)12-5-4-6-13(19)10-12/h3-6,10,16H,1,7-9H2,2H3/t16-/m0/s1. The zero-order valence-corrected chi connectivity index (χ0v) is 14.5. The van der Waals surface area contributed by atoms with Crippen molar-refractivity contribution in [2.75, 3.05) is 12.4 Å². The molecule has 0 radical (unpaired) electrons. The summed E-state index contributed by atoms with van der Waals surface area (Å²) in [5, 5.41) is 0.531. The number of allylic oxidation sites excluding steroid dienone is 1. The summed E-state index contributed by atoms with van der Waals surface area (Å²) in [6.07, 6.45) is 1.80. The summed E-state index contributed by atoms with van der Waals surface area (Å²) < 4.78 is 19.0. The highest BCUT2D eigenvalue weighted by molar-refractivity contribution is 8.14. The molecule has 2 aliphatic heterocycles. The molecule has 25 heavy (non-hydrogen) atoms. The monoisotopic (exact) mass is 360 g/mol. The summed E-state index contributed by atoms with van der Waals surface area (Å²) in [6.45, 7) is 5.27. The molecule has 0 bridgehead atoms. The minimum absolute atomic E-state index is 0.0464. The van der Waals surface area contributed by atoms with Gasteiger partial charge in [0.15, 0.2) is 5.17 Å². The lowest BCUT2D eigenvalue weighted by Gasteiger charge is -2.38. The first-order chi connectivity index (χ1) is 12.0. The largest absolute Gasteiger partial charge is 0.458 e. The summed E-state index contributed by atoms with van der Waals surface area (Å²) in [6, 6.07) is 5.15. The first kappa shape index (κ1) is 17.4. The third kappa shape index (κ3) is 3.37.